The monoisotopic (exact) mass is 2470 g/mol. The van der Waals surface area contributed by atoms with Gasteiger partial charge in [0, 0.05) is 298 Å². The first-order chi connectivity index (χ1) is 59.9. The Morgan fingerprint density at radius 3 is 0.871 bits per heavy atom. The van der Waals surface area contributed by atoms with Crippen LogP contribution in [0.1, 0.15) is 376 Å². The second-order valence-electron chi connectivity index (χ2n) is 43.1. The van der Waals surface area contributed by atoms with Crippen molar-refractivity contribution in [2.75, 3.05) is 72.7 Å². The molecule has 10 aliphatic carbocycles. The molecule has 0 aromatic rings. The van der Waals surface area contributed by atoms with Gasteiger partial charge in [-0.15, -0.1) is 89.6 Å². The molecule has 8 radical (unpaired) electrons. The maximum Gasteiger partial charge on any atom is 0.160 e. The van der Waals surface area contributed by atoms with E-state index in [4.69, 9.17) is 52.1 Å². The molecule has 11 nitrogen and oxygen atoms in total. The molecule has 8 aliphatic heterocycles. The zero-order chi connectivity index (χ0) is 87.7. The molecule has 27 heteroatoms. The quantitative estimate of drug-likeness (QED) is 0.154. The second-order valence-corrected chi connectivity index (χ2v) is 43.1. The number of ether oxygens (including phenoxy) is 11. The number of hydrogen-bond donors (Lipinski definition) is 0. The molecule has 0 amide bonds. The van der Waals surface area contributed by atoms with Gasteiger partial charge in [0.05, 0.1) is 90.0 Å². The fraction of sp³-hybridized carbons (Fsp3) is 0.924. The summed E-state index contributed by atoms with van der Waals surface area (Å²) in [5.74, 6) is 12.4. The number of halogens is 8. The Balaban J connectivity index is 0.000000387. The Labute approximate surface area is 1000 Å². The predicted molar refractivity (Wildman–Crippen MR) is 477 cm³/mol. The molecule has 0 aromatic heterocycles. The minimum absolute atomic E-state index is 0. The summed E-state index contributed by atoms with van der Waals surface area (Å²) in [6.45, 7) is 25.7. The van der Waals surface area contributed by atoms with Gasteiger partial charge < -0.3 is 89.3 Å². The third-order valence-corrected chi connectivity index (χ3v) is 33.1. The van der Waals surface area contributed by atoms with Crippen molar-refractivity contribution < 1.29 is 349 Å². The molecule has 18 rings (SSSR count). The van der Waals surface area contributed by atoms with Crippen molar-refractivity contribution in [2.24, 2.45) is 112 Å². The van der Waals surface area contributed by atoms with E-state index in [2.05, 4.69) is 48.0 Å². The molecular weight excluding hydrogens is 2300 g/mol. The Bertz CT molecular complexity index is 2260. The molecule has 0 aromatic carbocycles. The minimum atomic E-state index is -1.01. The van der Waals surface area contributed by atoms with Crippen molar-refractivity contribution in [3.8, 4) is 0 Å². The molecule has 18 fully saturated rings. The van der Waals surface area contributed by atoms with E-state index in [1.807, 2.05) is 13.8 Å². The molecule has 748 valence electrons. The topological polar surface area (TPSA) is 102 Å². The molecule has 8 heterocycles. The van der Waals surface area contributed by atoms with Crippen molar-refractivity contribution in [1.82, 2.24) is 0 Å². The summed E-state index contributed by atoms with van der Waals surface area (Å²) in [5.41, 5.74) is -1.01. The van der Waals surface area contributed by atoms with Gasteiger partial charge in [0.1, 0.15) is 5.67 Å². The van der Waals surface area contributed by atoms with Crippen LogP contribution in [0.2, 0.25) is 0 Å². The first kappa shape index (κ1) is 134. The molecular formula is C105H174F8O11Y8-8. The summed E-state index contributed by atoms with van der Waals surface area (Å²) in [7, 11) is 0. The van der Waals surface area contributed by atoms with Crippen LogP contribution in [0.5, 0.6) is 0 Å². The van der Waals surface area contributed by atoms with Gasteiger partial charge >= 0.3 is 0 Å². The maximum absolute atomic E-state index is 14.5. The second kappa shape index (κ2) is 74.0. The van der Waals surface area contributed by atoms with Gasteiger partial charge in [0.2, 0.25) is 0 Å². The zero-order valence-electron chi connectivity index (χ0n) is 83.4. The molecule has 10 saturated carbocycles. The minimum Gasteiger partial charge on any atom is -0.456 e. The number of hydrogen-bond acceptors (Lipinski definition) is 11. The third kappa shape index (κ3) is 48.9. The average molecular weight is 2480 g/mol. The first-order valence-electron chi connectivity index (χ1n) is 51.7. The Morgan fingerprint density at radius 1 is 0.227 bits per heavy atom. The van der Waals surface area contributed by atoms with E-state index in [1.165, 1.54) is 116 Å². The van der Waals surface area contributed by atoms with Crippen LogP contribution in [0.3, 0.4) is 0 Å². The fourth-order valence-corrected chi connectivity index (χ4v) is 23.7. The fourth-order valence-electron chi connectivity index (χ4n) is 23.7. The van der Waals surface area contributed by atoms with E-state index in [1.54, 1.807) is 0 Å². The predicted octanol–water partition coefficient (Wildman–Crippen LogP) is 28.9. The van der Waals surface area contributed by atoms with Crippen LogP contribution in [-0.2, 0) is 314 Å². The van der Waals surface area contributed by atoms with Gasteiger partial charge in [0.15, 0.2) is 18.9 Å². The molecule has 18 aliphatic rings. The van der Waals surface area contributed by atoms with Crippen LogP contribution in [0.25, 0.3) is 0 Å². The smallest absolute Gasteiger partial charge is 0.160 e. The molecule has 8 saturated heterocycles. The summed E-state index contributed by atoms with van der Waals surface area (Å²) in [6, 6.07) is 0. The summed E-state index contributed by atoms with van der Waals surface area (Å²) < 4.78 is 168. The SMILES string of the molecule is CC1CCC(C2CCC(C3CC[C-](F)CC3)CO2)CC1.CC1CCC(C2CC[C-](F)CC2)CO1.CC1CCC(C2CC[C-](F)CC2)OC1.CC1CCC(C2CC[C-](F)CO2)CC1.CC1CCC(C2OCC(C3CC[C-](F)CC3)CO2)CC1.CC1CCC(F)(C2CC[CH-]CC2)CO1.CC1COC(C2CC[C-](F)CC2)OC1.CC1OCC(C2CC[C-](F)CC2)CO1.[Y].[Y].[Y].[Y].[Y].[Y].[Y].[Y]. The van der Waals surface area contributed by atoms with Crippen LogP contribution in [0, 0.1) is 162 Å². The first-order valence-corrected chi connectivity index (χ1v) is 51.7. The average Bonchev–Trinajstić information content (AvgIpc) is 0.831. The molecule has 0 spiro atoms. The zero-order valence-corrected chi connectivity index (χ0v) is 106. The van der Waals surface area contributed by atoms with E-state index in [0.717, 1.165) is 216 Å². The molecule has 9 atom stereocenters. The van der Waals surface area contributed by atoms with Crippen molar-refractivity contribution in [3.63, 3.8) is 0 Å². The van der Waals surface area contributed by atoms with E-state index in [9.17, 15) is 35.1 Å². The van der Waals surface area contributed by atoms with Gasteiger partial charge in [-0.05, 0) is 200 Å². The van der Waals surface area contributed by atoms with Crippen LogP contribution < -0.4 is 0 Å². The van der Waals surface area contributed by atoms with Gasteiger partial charge in [0.25, 0.3) is 0 Å². The van der Waals surface area contributed by atoms with Crippen molar-refractivity contribution in [2.45, 2.75) is 431 Å². The summed E-state index contributed by atoms with van der Waals surface area (Å²) in [5, 5.41) is 0. The molecule has 9 unspecified atom stereocenters. The normalized spacial score (nSPS) is 37.2. The summed E-state index contributed by atoms with van der Waals surface area (Å²) in [6.07, 6.45) is 56.1. The van der Waals surface area contributed by atoms with Crippen molar-refractivity contribution in [3.05, 3.63) is 49.6 Å². The standard InChI is InChI=1S/C18H30FO.C17H28FO2.4C12H20FO.2C11H18FO2.8Y/c1-13-2-4-15(5-3-13)18-11-8-16(12-20-18)14-6-9-17(19)10-7-14;1-12-2-4-14(5-3-12)17-19-10-15(11-20-17)13-6-8-16(18)9-7-13;1-9-2-7-12(14-8-9)10-3-5-11(13)6-4-10;1-9-2-4-10(5-3-9)12-7-6-11(13)8-14-12;1-9-2-3-11(8-14-9)10-4-6-12(13)7-5-10;1-10-7-8-12(13,9-14-10)11-5-3-2-4-6-11;1-8-13-6-10(7-14-8)9-2-4-11(12)5-3-9;1-8-6-13-11(14-7-8)9-2-4-10(12)5-3-9;;;;;;;;/h13-16,18H,2-12H2,1H3;12-15,17H,2-11H2,1H3;2*9-10,12H,2-8H2,1H3;9-11H,2-8H2,1H3;2,10-11H,3-9H2,1H3;8-10H,2-7H2,1H3;8-9,11H,2-7H2,1H3;;;;;;;;/q8*-1;;;;;;;;. The largest absolute Gasteiger partial charge is 0.456 e. The molecule has 0 N–H and O–H groups in total. The van der Waals surface area contributed by atoms with E-state index < -0.39 is 5.67 Å². The van der Waals surface area contributed by atoms with Crippen LogP contribution in [0.15, 0.2) is 0 Å². The summed E-state index contributed by atoms with van der Waals surface area (Å²) in [4.78, 5) is 0. The van der Waals surface area contributed by atoms with Gasteiger partial charge in [-0.3, -0.25) is 0 Å². The molecule has 132 heavy (non-hydrogen) atoms. The van der Waals surface area contributed by atoms with Crippen LogP contribution in [-0.4, -0.2) is 128 Å². The number of alkyl halides is 1. The van der Waals surface area contributed by atoms with Crippen molar-refractivity contribution in [1.29, 1.82) is 0 Å². The maximum atomic E-state index is 14.5. The third-order valence-electron chi connectivity index (χ3n) is 33.1. The van der Waals surface area contributed by atoms with Crippen LogP contribution in [0.4, 0.5) is 35.1 Å². The Hall–Kier alpha value is 7.83. The van der Waals surface area contributed by atoms with E-state index >= 15 is 0 Å². The molecule has 0 bridgehead atoms. The Kier molecular flexibility index (Phi) is 75.1. The summed E-state index contributed by atoms with van der Waals surface area (Å²) >= 11 is 0. The van der Waals surface area contributed by atoms with Gasteiger partial charge in [-0.1, -0.05) is 169 Å². The van der Waals surface area contributed by atoms with Crippen LogP contribution >= 0.6 is 0 Å². The van der Waals surface area contributed by atoms with Gasteiger partial charge in [-0.25, -0.2) is 4.39 Å². The van der Waals surface area contributed by atoms with Gasteiger partial charge in [-0.2, -0.15) is 49.9 Å². The van der Waals surface area contributed by atoms with E-state index in [-0.39, 0.29) is 342 Å². The van der Waals surface area contributed by atoms with E-state index in [0.29, 0.717) is 186 Å². The Morgan fingerprint density at radius 2 is 0.515 bits per heavy atom. The number of rotatable bonds is 10. The van der Waals surface area contributed by atoms with Crippen molar-refractivity contribution >= 4 is 0 Å².